The summed E-state index contributed by atoms with van der Waals surface area (Å²) in [5, 5.41) is 24.5. The predicted octanol–water partition coefficient (Wildman–Crippen LogP) is 15.7. The Labute approximate surface area is 528 Å². The van der Waals surface area contributed by atoms with E-state index < -0.39 is 6.10 Å². The molecular formula is C64H72Cl2F2N8O6S4. The number of benzene rings is 4. The molecule has 4 aromatic carbocycles. The Balaban J connectivity index is 0.000000137. The van der Waals surface area contributed by atoms with Crippen LogP contribution in [0.1, 0.15) is 132 Å². The molecule has 4 heterocycles. The number of carbonyl (C=O) groups is 2. The van der Waals surface area contributed by atoms with Crippen molar-refractivity contribution in [2.75, 3.05) is 76.0 Å². The van der Waals surface area contributed by atoms with Crippen molar-refractivity contribution in [2.45, 2.75) is 115 Å². The summed E-state index contributed by atoms with van der Waals surface area (Å²) in [6, 6.07) is 22.3. The van der Waals surface area contributed by atoms with Gasteiger partial charge < -0.3 is 39.3 Å². The molecule has 22 heteroatoms. The molecule has 0 saturated carbocycles. The number of aromatic nitrogens is 4. The lowest BCUT2D eigenvalue weighted by Gasteiger charge is -2.20. The third-order valence-corrected chi connectivity index (χ3v) is 20.6. The fourth-order valence-electron chi connectivity index (χ4n) is 10.5. The van der Waals surface area contributed by atoms with Crippen molar-refractivity contribution in [3.63, 3.8) is 0 Å². The molecule has 0 fully saturated rings. The summed E-state index contributed by atoms with van der Waals surface area (Å²) in [6.07, 6.45) is 9.54. The number of ether oxygens (including phenoxy) is 2. The molecule has 456 valence electrons. The quantitative estimate of drug-likeness (QED) is 0.125. The molecule has 14 nitrogen and oxygen atoms in total. The molecule has 2 N–H and O–H groups in total. The zero-order chi connectivity index (χ0) is 61.7. The lowest BCUT2D eigenvalue weighted by atomic mass is 10.0. The van der Waals surface area contributed by atoms with Crippen molar-refractivity contribution in [1.29, 1.82) is 0 Å². The zero-order valence-corrected chi connectivity index (χ0v) is 54.8. The highest BCUT2D eigenvalue weighted by Crippen LogP contribution is 2.45. The molecule has 4 unspecified atom stereocenters. The minimum atomic E-state index is -0.436. The minimum Gasteiger partial charge on any atom is -0.457 e. The number of hydrogen-bond acceptors (Lipinski definition) is 18. The van der Waals surface area contributed by atoms with Gasteiger partial charge in [0.15, 0.2) is 0 Å². The summed E-state index contributed by atoms with van der Waals surface area (Å²) < 4.78 is 39.5. The SMILES string of the molecule is CC(=O)OC1CCCc2nc(-c3ccc(N(C)C)cc3Cl)sc21.CC(=O)OC1CCCc2nc(-c3ccc(N(C)C)cc3F)sc21.CN(C)c1ccc(-c2nc3c(s2)C(O)CCC3)c(Cl)c1.CN(C)c1ccc(-c2nc3c(s2)C(O)CCC3)c(F)c1. The Morgan fingerprint density at radius 3 is 1.02 bits per heavy atom. The molecule has 0 radical (unpaired) electrons. The van der Waals surface area contributed by atoms with E-state index in [1.165, 1.54) is 48.7 Å². The van der Waals surface area contributed by atoms with Crippen LogP contribution in [0.2, 0.25) is 10.0 Å². The summed E-state index contributed by atoms with van der Waals surface area (Å²) in [7, 11) is 15.5. The van der Waals surface area contributed by atoms with Crippen LogP contribution in [0.15, 0.2) is 72.8 Å². The van der Waals surface area contributed by atoms with Crippen LogP contribution in [0.25, 0.3) is 42.3 Å². The van der Waals surface area contributed by atoms with Crippen molar-refractivity contribution in [2.24, 2.45) is 0 Å². The second-order valence-electron chi connectivity index (χ2n) is 22.4. The van der Waals surface area contributed by atoms with Gasteiger partial charge in [-0.05, 0) is 150 Å². The van der Waals surface area contributed by atoms with Crippen LogP contribution in [-0.4, -0.2) is 98.5 Å². The van der Waals surface area contributed by atoms with Gasteiger partial charge in [0.2, 0.25) is 0 Å². The highest BCUT2D eigenvalue weighted by molar-refractivity contribution is 7.16. The third kappa shape index (κ3) is 15.2. The van der Waals surface area contributed by atoms with Crippen molar-refractivity contribution >= 4 is 103 Å². The van der Waals surface area contributed by atoms with Gasteiger partial charge in [-0.1, -0.05) is 23.2 Å². The first kappa shape index (κ1) is 64.4. The molecule has 0 bridgehead atoms. The average Bonchev–Trinajstić information content (AvgIpc) is 2.27. The largest absolute Gasteiger partial charge is 0.457 e. The van der Waals surface area contributed by atoms with Crippen LogP contribution in [0.4, 0.5) is 31.5 Å². The van der Waals surface area contributed by atoms with E-state index in [4.69, 9.17) is 37.7 Å². The zero-order valence-electron chi connectivity index (χ0n) is 50.0. The lowest BCUT2D eigenvalue weighted by molar-refractivity contribution is -0.148. The Morgan fingerprint density at radius 2 is 0.733 bits per heavy atom. The van der Waals surface area contributed by atoms with E-state index >= 15 is 0 Å². The van der Waals surface area contributed by atoms with Gasteiger partial charge in [0.05, 0.1) is 64.5 Å². The Hall–Kier alpha value is -6.10. The number of halogens is 4. The second kappa shape index (κ2) is 28.4. The second-order valence-corrected chi connectivity index (χ2v) is 27.3. The monoisotopic (exact) mass is 1280 g/mol. The van der Waals surface area contributed by atoms with Crippen molar-refractivity contribution < 1.29 is 38.1 Å². The minimum absolute atomic E-state index is 0.165. The van der Waals surface area contributed by atoms with E-state index in [9.17, 15) is 28.6 Å². The first-order valence-corrected chi connectivity index (χ1v) is 32.6. The van der Waals surface area contributed by atoms with Crippen molar-refractivity contribution in [3.8, 4) is 42.3 Å². The number of aliphatic hydroxyl groups is 2. The number of carbonyl (C=O) groups excluding carboxylic acids is 2. The Bertz CT molecular complexity index is 3480. The van der Waals surface area contributed by atoms with E-state index in [0.717, 1.165) is 163 Å². The number of anilines is 4. The summed E-state index contributed by atoms with van der Waals surface area (Å²) >= 11 is 18.8. The highest BCUT2D eigenvalue weighted by atomic mass is 35.5. The number of aryl methyl sites for hydroxylation is 4. The number of nitrogens with zero attached hydrogens (tertiary/aromatic N) is 8. The van der Waals surface area contributed by atoms with Crippen molar-refractivity contribution in [1.82, 2.24) is 19.9 Å². The van der Waals surface area contributed by atoms with E-state index in [1.54, 1.807) is 34.8 Å². The molecule has 4 atom stereocenters. The molecular weight excluding hydrogens is 1210 g/mol. The molecule has 12 rings (SSSR count). The number of esters is 2. The van der Waals surface area contributed by atoms with Crippen LogP contribution in [0.5, 0.6) is 0 Å². The van der Waals surface area contributed by atoms with Gasteiger partial charge in [0.1, 0.15) is 43.9 Å². The van der Waals surface area contributed by atoms with Crippen LogP contribution >= 0.6 is 68.5 Å². The Morgan fingerprint density at radius 1 is 0.453 bits per heavy atom. The fourth-order valence-corrected chi connectivity index (χ4v) is 15.9. The highest BCUT2D eigenvalue weighted by Gasteiger charge is 2.31. The number of thiazole rings is 4. The lowest BCUT2D eigenvalue weighted by Crippen LogP contribution is -2.13. The van der Waals surface area contributed by atoms with Crippen LogP contribution in [0.3, 0.4) is 0 Å². The van der Waals surface area contributed by atoms with E-state index in [-0.39, 0.29) is 41.9 Å². The average molecular weight is 1290 g/mol. The number of fused-ring (bicyclic) bond motifs is 4. The van der Waals surface area contributed by atoms with Gasteiger partial charge in [-0.2, -0.15) is 0 Å². The predicted molar refractivity (Wildman–Crippen MR) is 348 cm³/mol. The van der Waals surface area contributed by atoms with Crippen LogP contribution in [-0.2, 0) is 44.7 Å². The van der Waals surface area contributed by atoms with Gasteiger partial charge in [-0.25, -0.2) is 28.7 Å². The van der Waals surface area contributed by atoms with Gasteiger partial charge in [-0.3, -0.25) is 9.59 Å². The molecule has 0 amide bonds. The molecule has 8 aromatic rings. The maximum absolute atomic E-state index is 14.4. The van der Waals surface area contributed by atoms with Crippen LogP contribution < -0.4 is 19.6 Å². The molecule has 4 aliphatic rings. The number of hydrogen-bond donors (Lipinski definition) is 2. The normalized spacial score (nSPS) is 17.3. The molecule has 4 aliphatic carbocycles. The maximum atomic E-state index is 14.4. The fraction of sp³-hybridized carbons (Fsp3) is 0.406. The first-order chi connectivity index (χ1) is 41.0. The molecule has 0 aliphatic heterocycles. The summed E-state index contributed by atoms with van der Waals surface area (Å²) in [4.78, 5) is 52.7. The van der Waals surface area contributed by atoms with Crippen LogP contribution in [0, 0.1) is 11.6 Å². The topological polar surface area (TPSA) is 158 Å². The van der Waals surface area contributed by atoms with E-state index in [0.29, 0.717) is 31.2 Å². The van der Waals surface area contributed by atoms with E-state index in [2.05, 4.69) is 15.0 Å². The third-order valence-electron chi connectivity index (χ3n) is 15.1. The summed E-state index contributed by atoms with van der Waals surface area (Å²) in [6.45, 7) is 2.86. The van der Waals surface area contributed by atoms with Crippen molar-refractivity contribution in [3.05, 3.63) is 137 Å². The molecule has 86 heavy (non-hydrogen) atoms. The Kier molecular flexibility index (Phi) is 21.2. The van der Waals surface area contributed by atoms with Gasteiger partial charge in [-0.15, -0.1) is 45.3 Å². The van der Waals surface area contributed by atoms with Gasteiger partial charge in [0, 0.05) is 115 Å². The number of aliphatic hydroxyl groups excluding tert-OH is 2. The number of rotatable bonds is 10. The summed E-state index contributed by atoms with van der Waals surface area (Å²) in [5.41, 5.74) is 10.6. The van der Waals surface area contributed by atoms with E-state index in [1.807, 2.05) is 125 Å². The molecule has 4 aromatic heterocycles. The smallest absolute Gasteiger partial charge is 0.303 e. The van der Waals surface area contributed by atoms with Gasteiger partial charge in [0.25, 0.3) is 0 Å². The maximum Gasteiger partial charge on any atom is 0.303 e. The first-order valence-electron chi connectivity index (χ1n) is 28.6. The molecule has 0 saturated heterocycles. The molecule has 0 spiro atoms. The summed E-state index contributed by atoms with van der Waals surface area (Å²) in [5.74, 6) is -1.09. The standard InChI is InChI=1S/C17H19ClN2O2S.C17H19FN2O2S.C15H17ClN2OS.C15H17FN2OS/c2*1-10(21)22-15-6-4-5-14-16(15)23-17(19-14)12-8-7-11(20(2)3)9-13(12)18;2*1-18(2)9-6-7-10(11(16)8-9)15-17-12-4-3-5-13(19)14(12)20-15/h2*7-9,15H,4-6H2,1-3H3;2*6-8,13,19H,3-5H2,1-2H3. The van der Waals surface area contributed by atoms with Gasteiger partial charge >= 0.3 is 11.9 Å².